The van der Waals surface area contributed by atoms with Crippen molar-refractivity contribution in [2.45, 2.75) is 80.2 Å². The highest BCUT2D eigenvalue weighted by atomic mass is 16.5. The number of nitrogens with one attached hydrogen (secondary N) is 2. The summed E-state index contributed by atoms with van der Waals surface area (Å²) in [4.78, 5) is 28.6. The maximum Gasteiger partial charge on any atom is 0.243 e. The number of pyridine rings is 1. The minimum Gasteiger partial charge on any atom is -0.478 e. The Kier molecular flexibility index (Phi) is 14.9. The van der Waals surface area contributed by atoms with Crippen molar-refractivity contribution in [1.82, 2.24) is 9.88 Å². The largest absolute Gasteiger partial charge is 0.478 e. The molecule has 0 unspecified atom stereocenters. The second-order valence-electron chi connectivity index (χ2n) is 8.66. The Morgan fingerprint density at radius 3 is 2.43 bits per heavy atom. The lowest BCUT2D eigenvalue weighted by Crippen LogP contribution is -2.29. The number of hydrogen-bond acceptors (Lipinski definition) is 5. The summed E-state index contributed by atoms with van der Waals surface area (Å²) in [7, 11) is 0. The SMILES string of the molecule is CCC.CCCCN(Cc1cccc(C)c1)C(C)=O.CCCCOc1cc2c(cn1)NC(=O)CN2. The van der Waals surface area contributed by atoms with Crippen LogP contribution < -0.4 is 15.4 Å². The maximum absolute atomic E-state index is 11.5. The fourth-order valence-electron chi connectivity index (χ4n) is 3.18. The second-order valence-corrected chi connectivity index (χ2v) is 8.66. The molecular weight excluding hydrogens is 440 g/mol. The number of hydrogen-bond donors (Lipinski definition) is 2. The number of ether oxygens (including phenoxy) is 1. The van der Waals surface area contributed by atoms with Crippen molar-refractivity contribution in [3.05, 3.63) is 47.7 Å². The number of rotatable bonds is 9. The molecule has 1 aromatic carbocycles. The van der Waals surface area contributed by atoms with E-state index in [2.05, 4.69) is 68.4 Å². The van der Waals surface area contributed by atoms with Crippen molar-refractivity contribution < 1.29 is 14.3 Å². The van der Waals surface area contributed by atoms with Gasteiger partial charge in [-0.25, -0.2) is 4.98 Å². The molecule has 7 nitrogen and oxygen atoms in total. The van der Waals surface area contributed by atoms with Crippen LogP contribution in [-0.2, 0) is 16.1 Å². The van der Waals surface area contributed by atoms with Crippen LogP contribution in [0.25, 0.3) is 0 Å². The summed E-state index contributed by atoms with van der Waals surface area (Å²) in [6, 6.07) is 10.2. The first-order chi connectivity index (χ1) is 16.8. The topological polar surface area (TPSA) is 83.6 Å². The second kappa shape index (κ2) is 17.4. The van der Waals surface area contributed by atoms with E-state index < -0.39 is 0 Å². The smallest absolute Gasteiger partial charge is 0.243 e. The zero-order chi connectivity index (χ0) is 26.1. The van der Waals surface area contributed by atoms with Gasteiger partial charge in [-0.2, -0.15) is 0 Å². The highest BCUT2D eigenvalue weighted by molar-refractivity contribution is 6.00. The van der Waals surface area contributed by atoms with Gasteiger partial charge in [0.2, 0.25) is 17.7 Å². The third kappa shape index (κ3) is 12.3. The summed E-state index contributed by atoms with van der Waals surface area (Å²) in [5.74, 6) is 0.708. The van der Waals surface area contributed by atoms with Gasteiger partial charge in [0.25, 0.3) is 0 Å². The van der Waals surface area contributed by atoms with Crippen molar-refractivity contribution >= 4 is 23.2 Å². The molecule has 0 aliphatic carbocycles. The fraction of sp³-hybridized carbons (Fsp3) is 0.536. The minimum atomic E-state index is -0.0473. The predicted molar refractivity (Wildman–Crippen MR) is 145 cm³/mol. The molecule has 0 atom stereocenters. The quantitative estimate of drug-likeness (QED) is 0.415. The average molecular weight is 485 g/mol. The van der Waals surface area contributed by atoms with Crippen LogP contribution >= 0.6 is 0 Å². The van der Waals surface area contributed by atoms with Crippen molar-refractivity contribution in [1.29, 1.82) is 0 Å². The van der Waals surface area contributed by atoms with E-state index in [1.54, 1.807) is 13.1 Å². The molecule has 0 fully saturated rings. The molecule has 7 heteroatoms. The molecular formula is C28H44N4O3. The summed E-state index contributed by atoms with van der Waals surface area (Å²) in [5.41, 5.74) is 4.03. The summed E-state index contributed by atoms with van der Waals surface area (Å²) < 4.78 is 5.48. The Morgan fingerprint density at radius 1 is 1.09 bits per heavy atom. The van der Waals surface area contributed by atoms with Crippen molar-refractivity contribution in [2.24, 2.45) is 0 Å². The lowest BCUT2D eigenvalue weighted by molar-refractivity contribution is -0.129. The van der Waals surface area contributed by atoms with E-state index in [1.165, 1.54) is 17.5 Å². The molecule has 2 aromatic rings. The zero-order valence-electron chi connectivity index (χ0n) is 22.4. The number of benzene rings is 1. The lowest BCUT2D eigenvalue weighted by atomic mass is 10.1. The summed E-state index contributed by atoms with van der Waals surface area (Å²) >= 11 is 0. The Hall–Kier alpha value is -3.09. The molecule has 2 amide bonds. The summed E-state index contributed by atoms with van der Waals surface area (Å²) in [6.07, 6.45) is 7.17. The van der Waals surface area contributed by atoms with Gasteiger partial charge in [-0.05, 0) is 25.3 Å². The monoisotopic (exact) mass is 484 g/mol. The molecule has 0 spiro atoms. The molecule has 2 N–H and O–H groups in total. The van der Waals surface area contributed by atoms with Crippen molar-refractivity contribution in [3.63, 3.8) is 0 Å². The van der Waals surface area contributed by atoms with Crippen LogP contribution in [0.2, 0.25) is 0 Å². The molecule has 1 aromatic heterocycles. The van der Waals surface area contributed by atoms with Gasteiger partial charge in [0.1, 0.15) is 0 Å². The number of amides is 2. The number of anilines is 2. The van der Waals surface area contributed by atoms with Gasteiger partial charge in [-0.1, -0.05) is 76.8 Å². The van der Waals surface area contributed by atoms with Crippen LogP contribution in [0.15, 0.2) is 36.5 Å². The molecule has 1 aliphatic rings. The van der Waals surface area contributed by atoms with Crippen LogP contribution in [0.5, 0.6) is 5.88 Å². The summed E-state index contributed by atoms with van der Waals surface area (Å²) in [5, 5.41) is 5.75. The first-order valence-corrected chi connectivity index (χ1v) is 12.8. The van der Waals surface area contributed by atoms with E-state index in [4.69, 9.17) is 4.74 Å². The molecule has 35 heavy (non-hydrogen) atoms. The maximum atomic E-state index is 11.5. The third-order valence-electron chi connectivity index (χ3n) is 5.02. The highest BCUT2D eigenvalue weighted by Gasteiger charge is 2.15. The van der Waals surface area contributed by atoms with E-state index in [0.29, 0.717) is 24.7 Å². The number of nitrogens with zero attached hydrogens (tertiary/aromatic N) is 2. The van der Waals surface area contributed by atoms with Gasteiger partial charge in [0.15, 0.2) is 0 Å². The standard InChI is InChI=1S/C14H21NO.C11H15N3O2.C3H8/c1-4-5-9-15(13(3)16)11-14-8-6-7-12(2)10-14;1-2-3-4-16-11-5-8-9(6-13-11)14-10(15)7-12-8;1-3-2/h6-8,10H,4-5,9,11H2,1-3H3;5-6,12H,2-4,7H2,1H3,(H,14,15);3H2,1-2H3. The highest BCUT2D eigenvalue weighted by Crippen LogP contribution is 2.26. The van der Waals surface area contributed by atoms with Crippen LogP contribution in [0.1, 0.15) is 77.8 Å². The van der Waals surface area contributed by atoms with E-state index in [-0.39, 0.29) is 11.8 Å². The minimum absolute atomic E-state index is 0.0473. The zero-order valence-corrected chi connectivity index (χ0v) is 22.4. The van der Waals surface area contributed by atoms with E-state index in [9.17, 15) is 9.59 Å². The van der Waals surface area contributed by atoms with Gasteiger partial charge in [-0.3, -0.25) is 9.59 Å². The molecule has 0 bridgehead atoms. The van der Waals surface area contributed by atoms with Gasteiger partial charge in [0, 0.05) is 26.1 Å². The molecule has 0 saturated heterocycles. The van der Waals surface area contributed by atoms with Crippen LogP contribution in [0.4, 0.5) is 11.4 Å². The fourth-order valence-corrected chi connectivity index (χ4v) is 3.18. The van der Waals surface area contributed by atoms with Crippen molar-refractivity contribution in [2.75, 3.05) is 30.3 Å². The molecule has 0 saturated carbocycles. The first-order valence-electron chi connectivity index (χ1n) is 12.8. The Balaban J connectivity index is 0.000000315. The van der Waals surface area contributed by atoms with Gasteiger partial charge >= 0.3 is 0 Å². The molecule has 1 aliphatic heterocycles. The van der Waals surface area contributed by atoms with Crippen LogP contribution in [-0.4, -0.2) is 41.4 Å². The first kappa shape index (κ1) is 29.9. The number of unbranched alkanes of at least 4 members (excludes halogenated alkanes) is 2. The average Bonchev–Trinajstić information content (AvgIpc) is 2.83. The third-order valence-corrected chi connectivity index (χ3v) is 5.02. The van der Waals surface area contributed by atoms with E-state index >= 15 is 0 Å². The van der Waals surface area contributed by atoms with Crippen LogP contribution in [0.3, 0.4) is 0 Å². The van der Waals surface area contributed by atoms with E-state index in [0.717, 1.165) is 44.5 Å². The Labute approximate surface area is 211 Å². The van der Waals surface area contributed by atoms with Crippen molar-refractivity contribution in [3.8, 4) is 5.88 Å². The Morgan fingerprint density at radius 2 is 1.80 bits per heavy atom. The Bertz CT molecular complexity index is 902. The molecule has 0 radical (unpaired) electrons. The molecule has 2 heterocycles. The number of carbonyl (C=O) groups is 2. The number of aromatic nitrogens is 1. The lowest BCUT2D eigenvalue weighted by Gasteiger charge is -2.21. The summed E-state index contributed by atoms with van der Waals surface area (Å²) in [6.45, 7) is 14.8. The van der Waals surface area contributed by atoms with Gasteiger partial charge in [-0.15, -0.1) is 0 Å². The predicted octanol–water partition coefficient (Wildman–Crippen LogP) is 6.18. The molecule has 3 rings (SSSR count). The number of aryl methyl sites for hydroxylation is 1. The number of carbonyl (C=O) groups excluding carboxylic acids is 2. The normalized spacial score (nSPS) is 11.4. The van der Waals surface area contributed by atoms with Crippen LogP contribution in [0, 0.1) is 6.92 Å². The van der Waals surface area contributed by atoms with E-state index in [1.807, 2.05) is 17.0 Å². The molecule has 194 valence electrons. The van der Waals surface area contributed by atoms with Gasteiger partial charge in [0.05, 0.1) is 30.7 Å². The number of fused-ring (bicyclic) bond motifs is 1. The van der Waals surface area contributed by atoms with Gasteiger partial charge < -0.3 is 20.3 Å².